The molecule has 1 aliphatic rings. The summed E-state index contributed by atoms with van der Waals surface area (Å²) in [7, 11) is 2.02. The van der Waals surface area contributed by atoms with E-state index in [-0.39, 0.29) is 12.3 Å². The molecule has 2 unspecified atom stereocenters. The molecule has 2 amide bonds. The van der Waals surface area contributed by atoms with Crippen LogP contribution in [0.5, 0.6) is 0 Å². The van der Waals surface area contributed by atoms with Crippen LogP contribution in [0.4, 0.5) is 0 Å². The van der Waals surface area contributed by atoms with Crippen LogP contribution in [0.1, 0.15) is 13.3 Å². The van der Waals surface area contributed by atoms with Gasteiger partial charge in [-0.2, -0.15) is 0 Å². The monoisotopic (exact) mass is 228 g/mol. The minimum Gasteiger partial charge on any atom is -0.370 e. The maximum Gasteiger partial charge on any atom is 0.240 e. The van der Waals surface area contributed by atoms with Crippen LogP contribution in [-0.2, 0) is 9.59 Å². The molecule has 1 heterocycles. The Hall–Kier alpha value is -1.14. The van der Waals surface area contributed by atoms with Crippen molar-refractivity contribution in [3.63, 3.8) is 0 Å². The molecular weight excluding hydrogens is 208 g/mol. The van der Waals surface area contributed by atoms with E-state index in [4.69, 9.17) is 11.5 Å². The number of carbonyl (C=O) groups excluding carboxylic acids is 2. The van der Waals surface area contributed by atoms with Crippen LogP contribution in [-0.4, -0.2) is 60.4 Å². The molecule has 6 heteroatoms. The summed E-state index contributed by atoms with van der Waals surface area (Å²) in [6.07, 6.45) is -0.0838. The molecule has 16 heavy (non-hydrogen) atoms. The number of hydrogen-bond acceptors (Lipinski definition) is 4. The summed E-state index contributed by atoms with van der Waals surface area (Å²) >= 11 is 0. The Morgan fingerprint density at radius 3 is 2.56 bits per heavy atom. The third kappa shape index (κ3) is 3.18. The number of piperazine rings is 1. The van der Waals surface area contributed by atoms with Crippen molar-refractivity contribution in [3.05, 3.63) is 0 Å². The predicted molar refractivity (Wildman–Crippen MR) is 60.5 cm³/mol. The average Bonchev–Trinajstić information content (AvgIpc) is 2.20. The molecule has 0 bridgehead atoms. The first kappa shape index (κ1) is 12.9. The lowest BCUT2D eigenvalue weighted by Crippen LogP contribution is -2.56. The van der Waals surface area contributed by atoms with Crippen molar-refractivity contribution in [1.29, 1.82) is 0 Å². The molecule has 0 aromatic rings. The lowest BCUT2D eigenvalue weighted by atomic mass is 10.1. The SMILES string of the molecule is CC1CN(C(=O)C(N)CC(N)=O)CCN1C. The van der Waals surface area contributed by atoms with Gasteiger partial charge in [0, 0.05) is 25.7 Å². The molecule has 1 rings (SSSR count). The number of primary amides is 1. The van der Waals surface area contributed by atoms with Gasteiger partial charge < -0.3 is 21.3 Å². The van der Waals surface area contributed by atoms with E-state index in [1.165, 1.54) is 0 Å². The second-order valence-electron chi connectivity index (χ2n) is 4.39. The van der Waals surface area contributed by atoms with Crippen LogP contribution in [0.3, 0.4) is 0 Å². The van der Waals surface area contributed by atoms with Crippen molar-refractivity contribution in [2.45, 2.75) is 25.4 Å². The summed E-state index contributed by atoms with van der Waals surface area (Å²) in [6, 6.07) is -0.480. The molecule has 0 radical (unpaired) electrons. The minimum absolute atomic E-state index is 0.0838. The lowest BCUT2D eigenvalue weighted by Gasteiger charge is -2.38. The summed E-state index contributed by atoms with van der Waals surface area (Å²) < 4.78 is 0. The molecule has 92 valence electrons. The number of carbonyl (C=O) groups is 2. The zero-order valence-electron chi connectivity index (χ0n) is 9.85. The topological polar surface area (TPSA) is 92.7 Å². The Bertz CT molecular complexity index is 282. The van der Waals surface area contributed by atoms with Crippen LogP contribution in [0, 0.1) is 0 Å². The van der Waals surface area contributed by atoms with Gasteiger partial charge in [0.2, 0.25) is 11.8 Å². The van der Waals surface area contributed by atoms with Crippen LogP contribution >= 0.6 is 0 Å². The molecule has 0 spiro atoms. The molecule has 0 saturated carbocycles. The number of amides is 2. The first-order valence-corrected chi connectivity index (χ1v) is 5.44. The third-order valence-electron chi connectivity index (χ3n) is 3.01. The van der Waals surface area contributed by atoms with E-state index in [1.807, 2.05) is 7.05 Å². The minimum atomic E-state index is -0.798. The molecule has 1 aliphatic heterocycles. The number of hydrogen-bond donors (Lipinski definition) is 2. The molecule has 1 saturated heterocycles. The van der Waals surface area contributed by atoms with Gasteiger partial charge in [-0.3, -0.25) is 9.59 Å². The van der Waals surface area contributed by atoms with Gasteiger partial charge in [-0.05, 0) is 14.0 Å². The number of nitrogens with zero attached hydrogens (tertiary/aromatic N) is 2. The summed E-state index contributed by atoms with van der Waals surface area (Å²) in [6.45, 7) is 4.20. The van der Waals surface area contributed by atoms with Gasteiger partial charge in [-0.15, -0.1) is 0 Å². The van der Waals surface area contributed by atoms with Gasteiger partial charge in [0.05, 0.1) is 12.5 Å². The fourth-order valence-electron chi connectivity index (χ4n) is 1.79. The van der Waals surface area contributed by atoms with Gasteiger partial charge in [0.1, 0.15) is 0 Å². The van der Waals surface area contributed by atoms with Gasteiger partial charge in [-0.25, -0.2) is 0 Å². The predicted octanol–water partition coefficient (Wildman–Crippen LogP) is -1.65. The fourth-order valence-corrected chi connectivity index (χ4v) is 1.79. The highest BCUT2D eigenvalue weighted by atomic mass is 16.2. The zero-order chi connectivity index (χ0) is 12.3. The highest BCUT2D eigenvalue weighted by molar-refractivity contribution is 5.87. The molecule has 0 aromatic carbocycles. The van der Waals surface area contributed by atoms with Crippen molar-refractivity contribution >= 4 is 11.8 Å². The molecule has 0 aliphatic carbocycles. The Labute approximate surface area is 95.5 Å². The third-order valence-corrected chi connectivity index (χ3v) is 3.01. The normalized spacial score (nSPS) is 24.2. The first-order valence-electron chi connectivity index (χ1n) is 5.44. The van der Waals surface area contributed by atoms with Crippen molar-refractivity contribution < 1.29 is 9.59 Å². The van der Waals surface area contributed by atoms with Crippen LogP contribution < -0.4 is 11.5 Å². The fraction of sp³-hybridized carbons (Fsp3) is 0.800. The molecular formula is C10H20N4O2. The van der Waals surface area contributed by atoms with Gasteiger partial charge in [0.25, 0.3) is 0 Å². The molecule has 4 N–H and O–H groups in total. The number of rotatable bonds is 3. The molecule has 6 nitrogen and oxygen atoms in total. The number of likely N-dealkylation sites (N-methyl/N-ethyl adjacent to an activating group) is 1. The number of nitrogens with two attached hydrogens (primary N) is 2. The maximum absolute atomic E-state index is 11.9. The highest BCUT2D eigenvalue weighted by Crippen LogP contribution is 2.08. The van der Waals surface area contributed by atoms with Gasteiger partial charge in [-0.1, -0.05) is 0 Å². The van der Waals surface area contributed by atoms with Gasteiger partial charge in [0.15, 0.2) is 0 Å². The summed E-state index contributed by atoms with van der Waals surface area (Å²) in [4.78, 5) is 26.4. The molecule has 0 aromatic heterocycles. The summed E-state index contributed by atoms with van der Waals surface area (Å²) in [5.74, 6) is -0.721. The quantitative estimate of drug-likeness (QED) is 0.605. The Morgan fingerprint density at radius 1 is 1.44 bits per heavy atom. The van der Waals surface area contributed by atoms with Crippen LogP contribution in [0.15, 0.2) is 0 Å². The zero-order valence-corrected chi connectivity index (χ0v) is 9.85. The smallest absolute Gasteiger partial charge is 0.240 e. The van der Waals surface area contributed by atoms with E-state index in [2.05, 4.69) is 11.8 Å². The Morgan fingerprint density at radius 2 is 2.06 bits per heavy atom. The van der Waals surface area contributed by atoms with Crippen molar-refractivity contribution in [2.75, 3.05) is 26.7 Å². The maximum atomic E-state index is 11.9. The van der Waals surface area contributed by atoms with Crippen LogP contribution in [0.2, 0.25) is 0 Å². The van der Waals surface area contributed by atoms with E-state index >= 15 is 0 Å². The van der Waals surface area contributed by atoms with Crippen molar-refractivity contribution in [3.8, 4) is 0 Å². The van der Waals surface area contributed by atoms with Crippen molar-refractivity contribution in [1.82, 2.24) is 9.80 Å². The van der Waals surface area contributed by atoms with Crippen molar-refractivity contribution in [2.24, 2.45) is 11.5 Å². The van der Waals surface area contributed by atoms with E-state index in [0.29, 0.717) is 19.1 Å². The second kappa shape index (κ2) is 5.27. The van der Waals surface area contributed by atoms with Crippen LogP contribution in [0.25, 0.3) is 0 Å². The lowest BCUT2D eigenvalue weighted by molar-refractivity contribution is -0.137. The van der Waals surface area contributed by atoms with E-state index < -0.39 is 11.9 Å². The molecule has 2 atom stereocenters. The average molecular weight is 228 g/mol. The van der Waals surface area contributed by atoms with E-state index in [0.717, 1.165) is 6.54 Å². The Balaban J connectivity index is 2.51. The summed E-state index contributed by atoms with van der Waals surface area (Å²) in [5, 5.41) is 0. The van der Waals surface area contributed by atoms with Gasteiger partial charge >= 0.3 is 0 Å². The summed E-state index contributed by atoms with van der Waals surface area (Å²) in [5.41, 5.74) is 10.6. The standard InChI is InChI=1S/C10H20N4O2/c1-7-6-14(4-3-13(7)2)10(16)8(11)5-9(12)15/h7-8H,3-6,11H2,1-2H3,(H2,12,15). The molecule has 1 fully saturated rings. The highest BCUT2D eigenvalue weighted by Gasteiger charge is 2.28. The first-order chi connectivity index (χ1) is 7.41. The van der Waals surface area contributed by atoms with E-state index in [9.17, 15) is 9.59 Å². The second-order valence-corrected chi connectivity index (χ2v) is 4.39. The Kier molecular flexibility index (Phi) is 4.26. The van der Waals surface area contributed by atoms with E-state index in [1.54, 1.807) is 4.90 Å². The largest absolute Gasteiger partial charge is 0.370 e.